The van der Waals surface area contributed by atoms with Crippen molar-refractivity contribution in [3.63, 3.8) is 0 Å². The molecule has 5 nitrogen and oxygen atoms in total. The highest BCUT2D eigenvalue weighted by Gasteiger charge is 2.05. The molecule has 0 bridgehead atoms. The molecule has 0 aliphatic carbocycles. The molecule has 0 heterocycles. The summed E-state index contributed by atoms with van der Waals surface area (Å²) in [4.78, 5) is 12.7. The average molecular weight is 254 g/mol. The Morgan fingerprint density at radius 3 is 2.67 bits per heavy atom. The van der Waals surface area contributed by atoms with Crippen molar-refractivity contribution in [3.05, 3.63) is 23.5 Å². The normalized spacial score (nSPS) is 10.0. The van der Waals surface area contributed by atoms with E-state index < -0.39 is 0 Å². The van der Waals surface area contributed by atoms with Crippen LogP contribution in [0.15, 0.2) is 12.1 Å². The third-order valence-electron chi connectivity index (χ3n) is 2.45. The van der Waals surface area contributed by atoms with Crippen LogP contribution in [0.25, 0.3) is 0 Å². The molecule has 18 heavy (non-hydrogen) atoms. The molecule has 0 aliphatic rings. The van der Waals surface area contributed by atoms with Gasteiger partial charge in [-0.25, -0.2) is 9.18 Å². The van der Waals surface area contributed by atoms with E-state index in [1.54, 1.807) is 27.1 Å². The number of nitrogens with two attached hydrogens (primary N) is 1. The zero-order valence-electron chi connectivity index (χ0n) is 10.9. The minimum absolute atomic E-state index is 0.153. The molecule has 0 spiro atoms. The number of carbonyl (C=O) groups excluding carboxylic acids is 1. The summed E-state index contributed by atoms with van der Waals surface area (Å²) in [5.41, 5.74) is 7.25. The quantitative estimate of drug-likeness (QED) is 0.562. The standard InChI is InChI=1S/C12H19FN4O/c1-8-6-11(10(14)7-9(8)13)15-4-5-16-12(18)17(2)3/h6-7,15H,4-5,14H2,1-3H3,(H,16,18). The van der Waals surface area contributed by atoms with Crippen LogP contribution in [0, 0.1) is 12.7 Å². The Kier molecular flexibility index (Phi) is 4.76. The fourth-order valence-electron chi connectivity index (χ4n) is 1.37. The number of nitrogen functional groups attached to an aromatic ring is 1. The Morgan fingerprint density at radius 2 is 2.06 bits per heavy atom. The third kappa shape index (κ3) is 3.80. The minimum atomic E-state index is -0.320. The summed E-state index contributed by atoms with van der Waals surface area (Å²) >= 11 is 0. The van der Waals surface area contributed by atoms with Crippen LogP contribution in [-0.2, 0) is 0 Å². The van der Waals surface area contributed by atoms with Gasteiger partial charge in [-0.2, -0.15) is 0 Å². The topological polar surface area (TPSA) is 70.4 Å². The van der Waals surface area contributed by atoms with Crippen molar-refractivity contribution in [2.24, 2.45) is 0 Å². The van der Waals surface area contributed by atoms with Crippen LogP contribution < -0.4 is 16.4 Å². The third-order valence-corrected chi connectivity index (χ3v) is 2.45. The second kappa shape index (κ2) is 6.09. The predicted molar refractivity (Wildman–Crippen MR) is 71.1 cm³/mol. The van der Waals surface area contributed by atoms with Crippen molar-refractivity contribution in [1.82, 2.24) is 10.2 Å². The molecule has 0 saturated heterocycles. The lowest BCUT2D eigenvalue weighted by atomic mass is 10.2. The van der Waals surface area contributed by atoms with Gasteiger partial charge < -0.3 is 21.3 Å². The van der Waals surface area contributed by atoms with Gasteiger partial charge in [0.15, 0.2) is 0 Å². The molecule has 0 fully saturated rings. The highest BCUT2D eigenvalue weighted by molar-refractivity contribution is 5.73. The summed E-state index contributed by atoms with van der Waals surface area (Å²) in [6.07, 6.45) is 0. The molecule has 1 aromatic rings. The van der Waals surface area contributed by atoms with Crippen LogP contribution >= 0.6 is 0 Å². The van der Waals surface area contributed by atoms with E-state index in [1.165, 1.54) is 11.0 Å². The molecule has 100 valence electrons. The molecule has 1 aromatic carbocycles. The van der Waals surface area contributed by atoms with Crippen LogP contribution in [0.3, 0.4) is 0 Å². The number of halogens is 1. The smallest absolute Gasteiger partial charge is 0.316 e. The van der Waals surface area contributed by atoms with Gasteiger partial charge in [0.2, 0.25) is 0 Å². The van der Waals surface area contributed by atoms with Gasteiger partial charge in [-0.1, -0.05) is 0 Å². The number of hydrogen-bond acceptors (Lipinski definition) is 3. The molecular weight excluding hydrogens is 235 g/mol. The Labute approximate surface area is 106 Å². The summed E-state index contributed by atoms with van der Waals surface area (Å²) in [6, 6.07) is 2.79. The maximum atomic E-state index is 13.2. The van der Waals surface area contributed by atoms with Gasteiger partial charge in [0.1, 0.15) is 5.82 Å². The number of rotatable bonds is 4. The van der Waals surface area contributed by atoms with Crippen molar-refractivity contribution >= 4 is 17.4 Å². The Hall–Kier alpha value is -1.98. The largest absolute Gasteiger partial charge is 0.397 e. The fraction of sp³-hybridized carbons (Fsp3) is 0.417. The second-order valence-corrected chi connectivity index (χ2v) is 4.24. The highest BCUT2D eigenvalue weighted by Crippen LogP contribution is 2.21. The Bertz CT molecular complexity index is 434. The van der Waals surface area contributed by atoms with E-state index in [4.69, 9.17) is 5.73 Å². The fourth-order valence-corrected chi connectivity index (χ4v) is 1.37. The van der Waals surface area contributed by atoms with Gasteiger partial charge in [0.25, 0.3) is 0 Å². The van der Waals surface area contributed by atoms with Gasteiger partial charge in [-0.05, 0) is 24.6 Å². The Morgan fingerprint density at radius 1 is 1.39 bits per heavy atom. The average Bonchev–Trinajstić information content (AvgIpc) is 2.30. The van der Waals surface area contributed by atoms with E-state index in [0.29, 0.717) is 30.0 Å². The zero-order valence-corrected chi connectivity index (χ0v) is 10.9. The van der Waals surface area contributed by atoms with Gasteiger partial charge in [-0.15, -0.1) is 0 Å². The highest BCUT2D eigenvalue weighted by atomic mass is 19.1. The van der Waals surface area contributed by atoms with Crippen molar-refractivity contribution in [2.45, 2.75) is 6.92 Å². The lowest BCUT2D eigenvalue weighted by molar-refractivity contribution is 0.218. The van der Waals surface area contributed by atoms with Crippen molar-refractivity contribution < 1.29 is 9.18 Å². The maximum absolute atomic E-state index is 13.2. The number of benzene rings is 1. The minimum Gasteiger partial charge on any atom is -0.397 e. The number of nitrogens with zero attached hydrogens (tertiary/aromatic N) is 1. The summed E-state index contributed by atoms with van der Waals surface area (Å²) in [7, 11) is 3.34. The van der Waals surface area contributed by atoms with E-state index in [2.05, 4.69) is 10.6 Å². The van der Waals surface area contributed by atoms with Gasteiger partial charge in [0.05, 0.1) is 11.4 Å². The number of carbonyl (C=O) groups is 1. The maximum Gasteiger partial charge on any atom is 0.316 e. The first kappa shape index (κ1) is 14.1. The summed E-state index contributed by atoms with van der Waals surface area (Å²) in [6.45, 7) is 2.66. The van der Waals surface area contributed by atoms with E-state index in [9.17, 15) is 9.18 Å². The van der Waals surface area contributed by atoms with Gasteiger partial charge in [0, 0.05) is 27.2 Å². The number of amides is 2. The number of hydrogen-bond donors (Lipinski definition) is 3. The zero-order chi connectivity index (χ0) is 13.7. The Balaban J connectivity index is 2.45. The lowest BCUT2D eigenvalue weighted by Crippen LogP contribution is -2.37. The van der Waals surface area contributed by atoms with E-state index in [0.717, 1.165) is 0 Å². The molecular formula is C12H19FN4O. The van der Waals surface area contributed by atoms with E-state index >= 15 is 0 Å². The SMILES string of the molecule is Cc1cc(NCCNC(=O)N(C)C)c(N)cc1F. The molecule has 4 N–H and O–H groups in total. The first-order valence-corrected chi connectivity index (χ1v) is 5.66. The monoisotopic (exact) mass is 254 g/mol. The lowest BCUT2D eigenvalue weighted by Gasteiger charge is -2.14. The van der Waals surface area contributed by atoms with Crippen molar-refractivity contribution in [2.75, 3.05) is 38.2 Å². The van der Waals surface area contributed by atoms with Crippen molar-refractivity contribution in [1.29, 1.82) is 0 Å². The van der Waals surface area contributed by atoms with Gasteiger partial charge in [-0.3, -0.25) is 0 Å². The van der Waals surface area contributed by atoms with Crippen LogP contribution in [0.4, 0.5) is 20.6 Å². The van der Waals surface area contributed by atoms with E-state index in [-0.39, 0.29) is 11.8 Å². The summed E-state index contributed by atoms with van der Waals surface area (Å²) in [5, 5.41) is 5.76. The number of urea groups is 1. The molecule has 0 aliphatic heterocycles. The molecule has 0 atom stereocenters. The molecule has 0 saturated carbocycles. The molecule has 1 rings (SSSR count). The molecule has 2 amide bonds. The van der Waals surface area contributed by atoms with Crippen LogP contribution in [0.5, 0.6) is 0 Å². The van der Waals surface area contributed by atoms with Crippen molar-refractivity contribution in [3.8, 4) is 0 Å². The van der Waals surface area contributed by atoms with Crippen LogP contribution in [0.2, 0.25) is 0 Å². The van der Waals surface area contributed by atoms with E-state index in [1.807, 2.05) is 0 Å². The number of anilines is 2. The molecule has 0 aromatic heterocycles. The number of aryl methyl sites for hydroxylation is 1. The second-order valence-electron chi connectivity index (χ2n) is 4.24. The number of nitrogens with one attached hydrogen (secondary N) is 2. The summed E-state index contributed by atoms with van der Waals surface area (Å²) in [5.74, 6) is -0.320. The molecule has 0 radical (unpaired) electrons. The molecule has 0 unspecified atom stereocenters. The summed E-state index contributed by atoms with van der Waals surface area (Å²) < 4.78 is 13.2. The molecule has 6 heteroatoms. The van der Waals surface area contributed by atoms with Crippen LogP contribution in [-0.4, -0.2) is 38.1 Å². The van der Waals surface area contributed by atoms with Crippen LogP contribution in [0.1, 0.15) is 5.56 Å². The first-order valence-electron chi connectivity index (χ1n) is 5.66. The van der Waals surface area contributed by atoms with Gasteiger partial charge >= 0.3 is 6.03 Å². The predicted octanol–water partition coefficient (Wildman–Crippen LogP) is 1.40. The first-order chi connectivity index (χ1) is 8.41.